The van der Waals surface area contributed by atoms with E-state index in [0.717, 1.165) is 21.6 Å². The van der Waals surface area contributed by atoms with Gasteiger partial charge < -0.3 is 4.74 Å². The summed E-state index contributed by atoms with van der Waals surface area (Å²) < 4.78 is 5.77. The zero-order chi connectivity index (χ0) is 24.4. The van der Waals surface area contributed by atoms with Crippen LogP contribution in [-0.4, -0.2) is 17.8 Å². The van der Waals surface area contributed by atoms with Gasteiger partial charge in [-0.25, -0.2) is 9.69 Å². The number of carbonyl (C=O) groups is 3. The highest BCUT2D eigenvalue weighted by Gasteiger charge is 2.37. The number of carbonyl (C=O) groups excluding carboxylic acids is 3. The Bertz CT molecular complexity index is 1330. The van der Waals surface area contributed by atoms with Gasteiger partial charge >= 0.3 is 6.03 Å². The van der Waals surface area contributed by atoms with Crippen molar-refractivity contribution in [1.29, 1.82) is 0 Å². The zero-order valence-corrected chi connectivity index (χ0v) is 19.9. The molecule has 6 nitrogen and oxygen atoms in total. The summed E-state index contributed by atoms with van der Waals surface area (Å²) in [5, 5.41) is 3.18. The number of aryl methyl sites for hydroxylation is 2. The van der Waals surface area contributed by atoms with Gasteiger partial charge in [-0.05, 0) is 66.9 Å². The summed E-state index contributed by atoms with van der Waals surface area (Å²) in [5.74, 6) is -1.03. The molecule has 1 heterocycles. The first-order valence-electron chi connectivity index (χ1n) is 10.4. The van der Waals surface area contributed by atoms with E-state index in [1.54, 1.807) is 49.4 Å². The molecule has 0 spiro atoms. The van der Waals surface area contributed by atoms with Crippen molar-refractivity contribution in [2.75, 3.05) is 4.90 Å². The summed E-state index contributed by atoms with van der Waals surface area (Å²) in [5.41, 5.74) is 3.40. The number of amides is 4. The standard InChI is InChI=1S/C26H20Cl2N2O4/c1-15-3-9-22(16(2)11-15)30-25(32)20(24(31)29-26(30)33)12-18-6-10-23(21(28)13-18)34-14-17-4-7-19(27)8-5-17/h3-13H,14H2,1-2H3,(H,29,31,33)/b20-12+. The molecule has 3 aromatic rings. The Balaban J connectivity index is 1.57. The smallest absolute Gasteiger partial charge is 0.335 e. The van der Waals surface area contributed by atoms with Crippen molar-refractivity contribution in [3.8, 4) is 5.75 Å². The first kappa shape index (κ1) is 23.5. The summed E-state index contributed by atoms with van der Waals surface area (Å²) >= 11 is 12.3. The third-order valence-corrected chi connectivity index (χ3v) is 5.82. The molecule has 1 aliphatic heterocycles. The number of hydrogen-bond donors (Lipinski definition) is 1. The fourth-order valence-corrected chi connectivity index (χ4v) is 3.93. The number of rotatable bonds is 5. The van der Waals surface area contributed by atoms with Gasteiger partial charge in [-0.3, -0.25) is 14.9 Å². The first-order valence-corrected chi connectivity index (χ1v) is 11.1. The van der Waals surface area contributed by atoms with E-state index in [-0.39, 0.29) is 5.57 Å². The fraction of sp³-hybridized carbons (Fsp3) is 0.115. The van der Waals surface area contributed by atoms with Crippen molar-refractivity contribution < 1.29 is 19.1 Å². The molecule has 8 heteroatoms. The molecule has 1 aliphatic rings. The SMILES string of the molecule is Cc1ccc(N2C(=O)NC(=O)/C(=C\c3ccc(OCc4ccc(Cl)cc4)c(Cl)c3)C2=O)c(C)c1. The molecule has 1 N–H and O–H groups in total. The quantitative estimate of drug-likeness (QED) is 0.356. The third kappa shape index (κ3) is 4.98. The molecule has 0 unspecified atom stereocenters. The monoisotopic (exact) mass is 494 g/mol. The number of anilines is 1. The van der Waals surface area contributed by atoms with E-state index in [0.29, 0.717) is 33.7 Å². The molecular weight excluding hydrogens is 475 g/mol. The normalized spacial score (nSPS) is 15.0. The Hall–Kier alpha value is -3.61. The second kappa shape index (κ2) is 9.71. The number of nitrogens with zero attached hydrogens (tertiary/aromatic N) is 1. The number of nitrogens with one attached hydrogen (secondary N) is 1. The summed E-state index contributed by atoms with van der Waals surface area (Å²) in [6.45, 7) is 4.01. The van der Waals surface area contributed by atoms with Gasteiger partial charge in [-0.1, -0.05) is 59.1 Å². The highest BCUT2D eigenvalue weighted by molar-refractivity contribution is 6.39. The van der Waals surface area contributed by atoms with E-state index in [2.05, 4.69) is 5.32 Å². The molecule has 172 valence electrons. The van der Waals surface area contributed by atoms with Crippen molar-refractivity contribution in [3.05, 3.63) is 98.5 Å². The van der Waals surface area contributed by atoms with Crippen LogP contribution in [0.5, 0.6) is 5.75 Å². The molecule has 1 fully saturated rings. The van der Waals surface area contributed by atoms with Crippen molar-refractivity contribution >= 4 is 52.8 Å². The Morgan fingerprint density at radius 3 is 2.35 bits per heavy atom. The van der Waals surface area contributed by atoms with Gasteiger partial charge in [-0.15, -0.1) is 0 Å². The van der Waals surface area contributed by atoms with Gasteiger partial charge in [0.25, 0.3) is 11.8 Å². The summed E-state index contributed by atoms with van der Waals surface area (Å²) in [6, 6.07) is 16.7. The predicted molar refractivity (Wildman–Crippen MR) is 132 cm³/mol. The van der Waals surface area contributed by atoms with E-state index in [4.69, 9.17) is 27.9 Å². The number of urea groups is 1. The number of barbiturate groups is 1. The van der Waals surface area contributed by atoms with Crippen LogP contribution in [0, 0.1) is 13.8 Å². The van der Waals surface area contributed by atoms with E-state index in [1.807, 2.05) is 25.1 Å². The molecule has 1 saturated heterocycles. The Morgan fingerprint density at radius 1 is 0.941 bits per heavy atom. The second-order valence-electron chi connectivity index (χ2n) is 7.85. The average Bonchev–Trinajstić information content (AvgIpc) is 2.78. The van der Waals surface area contributed by atoms with Crippen LogP contribution in [0.1, 0.15) is 22.3 Å². The van der Waals surface area contributed by atoms with Gasteiger partial charge in [0.05, 0.1) is 10.7 Å². The lowest BCUT2D eigenvalue weighted by molar-refractivity contribution is -0.122. The Morgan fingerprint density at radius 2 is 1.68 bits per heavy atom. The second-order valence-corrected chi connectivity index (χ2v) is 8.70. The first-order chi connectivity index (χ1) is 16.2. The maximum atomic E-state index is 13.1. The molecule has 34 heavy (non-hydrogen) atoms. The van der Waals surface area contributed by atoms with Gasteiger partial charge in [0.1, 0.15) is 17.9 Å². The lowest BCUT2D eigenvalue weighted by Crippen LogP contribution is -2.54. The molecule has 0 atom stereocenters. The Kier molecular flexibility index (Phi) is 6.72. The van der Waals surface area contributed by atoms with Gasteiger partial charge in [-0.2, -0.15) is 0 Å². The zero-order valence-electron chi connectivity index (χ0n) is 18.4. The molecular formula is C26H20Cl2N2O4. The van der Waals surface area contributed by atoms with Crippen LogP contribution in [0.2, 0.25) is 10.0 Å². The average molecular weight is 495 g/mol. The minimum Gasteiger partial charge on any atom is -0.487 e. The van der Waals surface area contributed by atoms with Crippen LogP contribution in [0.25, 0.3) is 6.08 Å². The van der Waals surface area contributed by atoms with Crippen LogP contribution in [0.4, 0.5) is 10.5 Å². The molecule has 0 aromatic heterocycles. The number of halogens is 2. The largest absolute Gasteiger partial charge is 0.487 e. The molecule has 0 saturated carbocycles. The molecule has 0 aliphatic carbocycles. The number of imide groups is 2. The lowest BCUT2D eigenvalue weighted by Gasteiger charge is -2.27. The number of hydrogen-bond acceptors (Lipinski definition) is 4. The minimum atomic E-state index is -0.789. The maximum Gasteiger partial charge on any atom is 0.335 e. The van der Waals surface area contributed by atoms with Crippen molar-refractivity contribution in [2.45, 2.75) is 20.5 Å². The minimum absolute atomic E-state index is 0.175. The van der Waals surface area contributed by atoms with Crippen LogP contribution >= 0.6 is 23.2 Å². The highest BCUT2D eigenvalue weighted by atomic mass is 35.5. The van der Waals surface area contributed by atoms with E-state index in [1.165, 1.54) is 6.08 Å². The number of benzene rings is 3. The van der Waals surface area contributed by atoms with Crippen LogP contribution in [0.3, 0.4) is 0 Å². The molecule has 0 radical (unpaired) electrons. The molecule has 0 bridgehead atoms. The Labute approximate surface area is 206 Å². The summed E-state index contributed by atoms with van der Waals surface area (Å²) in [4.78, 5) is 39.0. The fourth-order valence-electron chi connectivity index (χ4n) is 3.56. The van der Waals surface area contributed by atoms with Gasteiger partial charge in [0.2, 0.25) is 0 Å². The molecule has 3 aromatic carbocycles. The molecule has 4 rings (SSSR count). The van der Waals surface area contributed by atoms with Crippen LogP contribution in [-0.2, 0) is 16.2 Å². The van der Waals surface area contributed by atoms with E-state index >= 15 is 0 Å². The number of ether oxygens (including phenoxy) is 1. The van der Waals surface area contributed by atoms with Gasteiger partial charge in [0.15, 0.2) is 0 Å². The predicted octanol–water partition coefficient (Wildman–Crippen LogP) is 5.86. The van der Waals surface area contributed by atoms with Crippen molar-refractivity contribution in [1.82, 2.24) is 5.32 Å². The highest BCUT2D eigenvalue weighted by Crippen LogP contribution is 2.29. The topological polar surface area (TPSA) is 75.7 Å². The maximum absolute atomic E-state index is 13.1. The summed E-state index contributed by atoms with van der Waals surface area (Å²) in [6.07, 6.45) is 1.40. The third-order valence-electron chi connectivity index (χ3n) is 5.27. The van der Waals surface area contributed by atoms with Crippen molar-refractivity contribution in [2.24, 2.45) is 0 Å². The molecule has 4 amide bonds. The summed E-state index contributed by atoms with van der Waals surface area (Å²) in [7, 11) is 0. The van der Waals surface area contributed by atoms with Crippen LogP contribution < -0.4 is 15.0 Å². The van der Waals surface area contributed by atoms with Crippen molar-refractivity contribution in [3.63, 3.8) is 0 Å². The van der Waals surface area contributed by atoms with E-state index in [9.17, 15) is 14.4 Å². The van der Waals surface area contributed by atoms with Crippen LogP contribution in [0.15, 0.2) is 66.2 Å². The lowest BCUT2D eigenvalue weighted by atomic mass is 10.0. The van der Waals surface area contributed by atoms with Gasteiger partial charge in [0, 0.05) is 5.02 Å². The van der Waals surface area contributed by atoms with E-state index < -0.39 is 17.8 Å².